The van der Waals surface area contributed by atoms with E-state index in [9.17, 15) is 5.11 Å². The van der Waals surface area contributed by atoms with Gasteiger partial charge in [0.1, 0.15) is 0 Å². The molecule has 0 aliphatic rings. The molecule has 1 atom stereocenters. The molecule has 1 heterocycles. The molecule has 1 aromatic carbocycles. The molecule has 0 saturated heterocycles. The smallest absolute Gasteiger partial charge is 0.0667 e. The molecule has 0 spiro atoms. The van der Waals surface area contributed by atoms with E-state index in [2.05, 4.69) is 48.8 Å². The number of aliphatic hydroxyl groups is 1. The van der Waals surface area contributed by atoms with Crippen LogP contribution in [0.1, 0.15) is 25.8 Å². The first-order valence-electron chi connectivity index (χ1n) is 6.50. The molecule has 3 heteroatoms. The van der Waals surface area contributed by atoms with Crippen LogP contribution in [0, 0.1) is 5.92 Å². The van der Waals surface area contributed by atoms with Gasteiger partial charge in [-0.05, 0) is 34.7 Å². The molecule has 1 aromatic heterocycles. The van der Waals surface area contributed by atoms with E-state index in [4.69, 9.17) is 0 Å². The SMILES string of the molecule is CC(C)CC(O)CNCc1csc2ccccc12. The molecule has 98 valence electrons. The molecule has 0 saturated carbocycles. The van der Waals surface area contributed by atoms with E-state index in [1.54, 1.807) is 11.3 Å². The molecule has 2 N–H and O–H groups in total. The Morgan fingerprint density at radius 3 is 2.83 bits per heavy atom. The molecule has 18 heavy (non-hydrogen) atoms. The van der Waals surface area contributed by atoms with Crippen LogP contribution in [0.2, 0.25) is 0 Å². The number of fused-ring (bicyclic) bond motifs is 1. The number of thiophene rings is 1. The second-order valence-corrected chi connectivity index (χ2v) is 6.08. The predicted molar refractivity (Wildman–Crippen MR) is 79.0 cm³/mol. The van der Waals surface area contributed by atoms with E-state index in [0.717, 1.165) is 13.0 Å². The van der Waals surface area contributed by atoms with Crippen LogP contribution in [-0.4, -0.2) is 17.8 Å². The van der Waals surface area contributed by atoms with E-state index in [1.165, 1.54) is 15.6 Å². The van der Waals surface area contributed by atoms with Crippen LogP contribution in [-0.2, 0) is 6.54 Å². The maximum Gasteiger partial charge on any atom is 0.0667 e. The highest BCUT2D eigenvalue weighted by Crippen LogP contribution is 2.25. The summed E-state index contributed by atoms with van der Waals surface area (Å²) in [5.74, 6) is 0.545. The Morgan fingerprint density at radius 1 is 1.28 bits per heavy atom. The minimum absolute atomic E-state index is 0.241. The Hall–Kier alpha value is -0.900. The Morgan fingerprint density at radius 2 is 2.06 bits per heavy atom. The van der Waals surface area contributed by atoms with Crippen LogP contribution in [0.4, 0.5) is 0 Å². The zero-order chi connectivity index (χ0) is 13.0. The summed E-state index contributed by atoms with van der Waals surface area (Å²) in [6.45, 7) is 5.77. The number of hydrogen-bond donors (Lipinski definition) is 2. The maximum atomic E-state index is 9.80. The van der Waals surface area contributed by atoms with Crippen molar-refractivity contribution in [2.24, 2.45) is 5.92 Å². The normalized spacial score (nSPS) is 13.3. The lowest BCUT2D eigenvalue weighted by molar-refractivity contribution is 0.146. The third kappa shape index (κ3) is 3.55. The molecule has 1 unspecified atom stereocenters. The second-order valence-electron chi connectivity index (χ2n) is 5.17. The largest absolute Gasteiger partial charge is 0.392 e. The minimum Gasteiger partial charge on any atom is -0.392 e. The van der Waals surface area contributed by atoms with Crippen molar-refractivity contribution in [2.45, 2.75) is 32.9 Å². The number of benzene rings is 1. The van der Waals surface area contributed by atoms with Gasteiger partial charge in [0.15, 0.2) is 0 Å². The molecule has 2 aromatic rings. The van der Waals surface area contributed by atoms with Crippen LogP contribution in [0.15, 0.2) is 29.6 Å². The Bertz CT molecular complexity index is 492. The van der Waals surface area contributed by atoms with Crippen molar-refractivity contribution in [3.8, 4) is 0 Å². The lowest BCUT2D eigenvalue weighted by Crippen LogP contribution is -2.27. The van der Waals surface area contributed by atoms with Crippen LogP contribution in [0.5, 0.6) is 0 Å². The fraction of sp³-hybridized carbons (Fsp3) is 0.467. The van der Waals surface area contributed by atoms with Gasteiger partial charge in [0, 0.05) is 17.8 Å². The average Bonchev–Trinajstić information content (AvgIpc) is 2.72. The molecule has 0 aliphatic carbocycles. The van der Waals surface area contributed by atoms with Crippen molar-refractivity contribution in [1.82, 2.24) is 5.32 Å². The number of hydrogen-bond acceptors (Lipinski definition) is 3. The number of rotatable bonds is 6. The van der Waals surface area contributed by atoms with Crippen LogP contribution in [0.3, 0.4) is 0 Å². The van der Waals surface area contributed by atoms with Gasteiger partial charge in [-0.3, -0.25) is 0 Å². The summed E-state index contributed by atoms with van der Waals surface area (Å²) in [5.41, 5.74) is 1.33. The number of nitrogens with one attached hydrogen (secondary N) is 1. The first kappa shape index (κ1) is 13.5. The average molecular weight is 263 g/mol. The van der Waals surface area contributed by atoms with Gasteiger partial charge in [0.2, 0.25) is 0 Å². The fourth-order valence-electron chi connectivity index (χ4n) is 2.17. The first-order valence-corrected chi connectivity index (χ1v) is 7.38. The van der Waals surface area contributed by atoms with Crippen molar-refractivity contribution in [1.29, 1.82) is 0 Å². The highest BCUT2D eigenvalue weighted by atomic mass is 32.1. The van der Waals surface area contributed by atoms with E-state index in [0.29, 0.717) is 12.5 Å². The standard InChI is InChI=1S/C15H21NOS/c1-11(2)7-13(17)9-16-8-12-10-18-15-6-4-3-5-14(12)15/h3-6,10-11,13,16-17H,7-9H2,1-2H3. The quantitative estimate of drug-likeness (QED) is 0.837. The van der Waals surface area contributed by atoms with Crippen molar-refractivity contribution in [2.75, 3.05) is 6.54 Å². The van der Waals surface area contributed by atoms with Crippen molar-refractivity contribution in [3.05, 3.63) is 35.2 Å². The Kier molecular flexibility index (Phi) is 4.75. The highest BCUT2D eigenvalue weighted by Gasteiger charge is 2.07. The van der Waals surface area contributed by atoms with Crippen LogP contribution in [0.25, 0.3) is 10.1 Å². The molecule has 0 radical (unpaired) electrons. The molecule has 2 rings (SSSR count). The third-order valence-electron chi connectivity index (χ3n) is 3.00. The second kappa shape index (κ2) is 6.32. The monoisotopic (exact) mass is 263 g/mol. The van der Waals surface area contributed by atoms with E-state index in [-0.39, 0.29) is 6.10 Å². The van der Waals surface area contributed by atoms with Gasteiger partial charge in [-0.25, -0.2) is 0 Å². The molecular weight excluding hydrogens is 242 g/mol. The van der Waals surface area contributed by atoms with Crippen molar-refractivity contribution in [3.63, 3.8) is 0 Å². The van der Waals surface area contributed by atoms with Crippen LogP contribution >= 0.6 is 11.3 Å². The third-order valence-corrected chi connectivity index (χ3v) is 4.01. The van der Waals surface area contributed by atoms with E-state index >= 15 is 0 Å². The lowest BCUT2D eigenvalue weighted by atomic mass is 10.1. The maximum absolute atomic E-state index is 9.80. The lowest BCUT2D eigenvalue weighted by Gasteiger charge is -2.13. The topological polar surface area (TPSA) is 32.3 Å². The molecule has 0 amide bonds. The first-order chi connectivity index (χ1) is 8.66. The van der Waals surface area contributed by atoms with Crippen LogP contribution < -0.4 is 5.32 Å². The summed E-state index contributed by atoms with van der Waals surface area (Å²) < 4.78 is 1.33. The highest BCUT2D eigenvalue weighted by molar-refractivity contribution is 7.17. The molecule has 0 aliphatic heterocycles. The van der Waals surface area contributed by atoms with Gasteiger partial charge in [-0.2, -0.15) is 0 Å². The summed E-state index contributed by atoms with van der Waals surface area (Å²) in [4.78, 5) is 0. The minimum atomic E-state index is -0.241. The zero-order valence-corrected chi connectivity index (χ0v) is 11.8. The van der Waals surface area contributed by atoms with E-state index in [1.807, 2.05) is 0 Å². The van der Waals surface area contributed by atoms with Crippen molar-refractivity contribution >= 4 is 21.4 Å². The predicted octanol–water partition coefficient (Wildman–Crippen LogP) is 3.40. The Labute approximate surface area is 113 Å². The van der Waals surface area contributed by atoms with E-state index < -0.39 is 0 Å². The summed E-state index contributed by atoms with van der Waals surface area (Å²) in [5, 5.41) is 16.7. The van der Waals surface area contributed by atoms with Gasteiger partial charge in [0.05, 0.1) is 6.10 Å². The van der Waals surface area contributed by atoms with Crippen molar-refractivity contribution < 1.29 is 5.11 Å². The van der Waals surface area contributed by atoms with Gasteiger partial charge in [-0.15, -0.1) is 11.3 Å². The molecule has 0 bridgehead atoms. The van der Waals surface area contributed by atoms with Gasteiger partial charge in [-0.1, -0.05) is 32.0 Å². The van der Waals surface area contributed by atoms with Gasteiger partial charge in [0.25, 0.3) is 0 Å². The number of aliphatic hydroxyl groups excluding tert-OH is 1. The zero-order valence-electron chi connectivity index (χ0n) is 11.0. The van der Waals surface area contributed by atoms with Gasteiger partial charge < -0.3 is 10.4 Å². The van der Waals surface area contributed by atoms with Gasteiger partial charge >= 0.3 is 0 Å². The summed E-state index contributed by atoms with van der Waals surface area (Å²) in [6, 6.07) is 8.46. The Balaban J connectivity index is 1.87. The molecular formula is C15H21NOS. The fourth-order valence-corrected chi connectivity index (χ4v) is 3.13. The summed E-state index contributed by atoms with van der Waals surface area (Å²) >= 11 is 1.78. The molecule has 0 fully saturated rings. The summed E-state index contributed by atoms with van der Waals surface area (Å²) in [6.07, 6.45) is 0.618. The summed E-state index contributed by atoms with van der Waals surface area (Å²) in [7, 11) is 0. The molecule has 2 nitrogen and oxygen atoms in total.